The summed E-state index contributed by atoms with van der Waals surface area (Å²) < 4.78 is 5.40. The van der Waals surface area contributed by atoms with Crippen LogP contribution in [0.15, 0.2) is 18.2 Å². The van der Waals surface area contributed by atoms with Gasteiger partial charge in [0.15, 0.2) is 0 Å². The SMILES string of the molecule is CC(C)N(CCN(C)C)C(=O)Nc1ccc2c(c1)COC2. The van der Waals surface area contributed by atoms with Crippen molar-refractivity contribution in [3.8, 4) is 0 Å². The monoisotopic (exact) mass is 291 g/mol. The molecule has 0 radical (unpaired) electrons. The van der Waals surface area contributed by atoms with Crippen molar-refractivity contribution >= 4 is 11.7 Å². The number of anilines is 1. The standard InChI is InChI=1S/C16H25N3O2/c1-12(2)19(8-7-18(3)4)16(20)17-15-6-5-13-10-21-11-14(13)9-15/h5-6,9,12H,7-8,10-11H2,1-4H3,(H,17,20). The summed E-state index contributed by atoms with van der Waals surface area (Å²) in [6.45, 7) is 6.93. The number of nitrogens with zero attached hydrogens (tertiary/aromatic N) is 2. The first-order chi connectivity index (χ1) is 9.97. The molecule has 0 atom stereocenters. The van der Waals surface area contributed by atoms with Crippen molar-refractivity contribution < 1.29 is 9.53 Å². The fraction of sp³-hybridized carbons (Fsp3) is 0.562. The van der Waals surface area contributed by atoms with Crippen molar-refractivity contribution in [2.24, 2.45) is 0 Å². The zero-order valence-electron chi connectivity index (χ0n) is 13.3. The van der Waals surface area contributed by atoms with Gasteiger partial charge in [-0.25, -0.2) is 4.79 Å². The van der Waals surface area contributed by atoms with Crippen LogP contribution < -0.4 is 5.32 Å². The van der Waals surface area contributed by atoms with Crippen molar-refractivity contribution in [1.29, 1.82) is 0 Å². The lowest BCUT2D eigenvalue weighted by molar-refractivity contribution is 0.134. The smallest absolute Gasteiger partial charge is 0.322 e. The molecule has 1 heterocycles. The van der Waals surface area contributed by atoms with Gasteiger partial charge in [-0.2, -0.15) is 0 Å². The Hall–Kier alpha value is -1.59. The van der Waals surface area contributed by atoms with Gasteiger partial charge >= 0.3 is 6.03 Å². The second-order valence-corrected chi connectivity index (χ2v) is 6.00. The molecule has 5 heteroatoms. The van der Waals surface area contributed by atoms with Gasteiger partial charge in [-0.15, -0.1) is 0 Å². The molecule has 5 nitrogen and oxygen atoms in total. The Morgan fingerprint density at radius 3 is 2.62 bits per heavy atom. The third-order valence-corrected chi connectivity index (χ3v) is 3.64. The molecule has 0 aliphatic carbocycles. The average molecular weight is 291 g/mol. The molecule has 1 aliphatic heterocycles. The maximum atomic E-state index is 12.4. The number of likely N-dealkylation sites (N-methyl/N-ethyl adjacent to an activating group) is 1. The normalized spacial score (nSPS) is 13.6. The third-order valence-electron chi connectivity index (χ3n) is 3.64. The van der Waals surface area contributed by atoms with Crippen LogP contribution in [0, 0.1) is 0 Å². The van der Waals surface area contributed by atoms with E-state index in [-0.39, 0.29) is 12.1 Å². The van der Waals surface area contributed by atoms with Crippen molar-refractivity contribution in [1.82, 2.24) is 9.80 Å². The van der Waals surface area contributed by atoms with E-state index in [1.165, 1.54) is 5.56 Å². The quantitative estimate of drug-likeness (QED) is 0.906. The molecule has 0 aromatic heterocycles. The second kappa shape index (κ2) is 6.91. The number of hydrogen-bond donors (Lipinski definition) is 1. The molecule has 2 rings (SSSR count). The first-order valence-corrected chi connectivity index (χ1v) is 7.39. The Labute approximate surface area is 126 Å². The lowest BCUT2D eigenvalue weighted by Gasteiger charge is -2.28. The molecule has 116 valence electrons. The van der Waals surface area contributed by atoms with Gasteiger partial charge in [-0.3, -0.25) is 0 Å². The van der Waals surface area contributed by atoms with E-state index >= 15 is 0 Å². The zero-order chi connectivity index (χ0) is 15.4. The van der Waals surface area contributed by atoms with Gasteiger partial charge in [0.25, 0.3) is 0 Å². The Balaban J connectivity index is 2.01. The summed E-state index contributed by atoms with van der Waals surface area (Å²) in [5, 5.41) is 2.99. The molecule has 1 N–H and O–H groups in total. The zero-order valence-corrected chi connectivity index (χ0v) is 13.3. The van der Waals surface area contributed by atoms with E-state index in [1.807, 2.05) is 51.0 Å². The first kappa shape index (κ1) is 15.8. The summed E-state index contributed by atoms with van der Waals surface area (Å²) in [6.07, 6.45) is 0. The summed E-state index contributed by atoms with van der Waals surface area (Å²) in [6, 6.07) is 6.09. The number of amides is 2. The number of carbonyl (C=O) groups is 1. The van der Waals surface area contributed by atoms with E-state index in [2.05, 4.69) is 10.2 Å². The molecule has 1 aromatic carbocycles. The van der Waals surface area contributed by atoms with Crippen LogP contribution in [-0.4, -0.2) is 49.1 Å². The Bertz CT molecular complexity index is 500. The van der Waals surface area contributed by atoms with Gasteiger partial charge in [0, 0.05) is 24.8 Å². The highest BCUT2D eigenvalue weighted by Gasteiger charge is 2.18. The second-order valence-electron chi connectivity index (χ2n) is 6.00. The molecule has 1 aliphatic rings. The molecular formula is C16H25N3O2. The van der Waals surface area contributed by atoms with Crippen LogP contribution in [0.1, 0.15) is 25.0 Å². The van der Waals surface area contributed by atoms with E-state index in [9.17, 15) is 4.79 Å². The number of urea groups is 1. The van der Waals surface area contributed by atoms with E-state index in [4.69, 9.17) is 4.74 Å². The lowest BCUT2D eigenvalue weighted by Crippen LogP contribution is -2.43. The molecule has 0 saturated carbocycles. The molecule has 2 amide bonds. The molecule has 0 bridgehead atoms. The first-order valence-electron chi connectivity index (χ1n) is 7.39. The van der Waals surface area contributed by atoms with Gasteiger partial charge in [0.05, 0.1) is 13.2 Å². The average Bonchev–Trinajstić information content (AvgIpc) is 2.85. The maximum Gasteiger partial charge on any atom is 0.322 e. The number of rotatable bonds is 5. The Kier molecular flexibility index (Phi) is 5.20. The number of carbonyl (C=O) groups excluding carboxylic acids is 1. The third kappa shape index (κ3) is 4.19. The van der Waals surface area contributed by atoms with Gasteiger partial charge in [0.2, 0.25) is 0 Å². The van der Waals surface area contributed by atoms with Crippen LogP contribution in [0.3, 0.4) is 0 Å². The van der Waals surface area contributed by atoms with Gasteiger partial charge in [0.1, 0.15) is 0 Å². The highest BCUT2D eigenvalue weighted by molar-refractivity contribution is 5.89. The van der Waals surface area contributed by atoms with Crippen molar-refractivity contribution in [3.63, 3.8) is 0 Å². The minimum absolute atomic E-state index is 0.0503. The van der Waals surface area contributed by atoms with Gasteiger partial charge < -0.3 is 19.9 Å². The van der Waals surface area contributed by atoms with Crippen LogP contribution in [0.25, 0.3) is 0 Å². The van der Waals surface area contributed by atoms with Gasteiger partial charge in [-0.1, -0.05) is 6.07 Å². The summed E-state index contributed by atoms with van der Waals surface area (Å²) in [4.78, 5) is 16.4. The minimum Gasteiger partial charge on any atom is -0.372 e. The van der Waals surface area contributed by atoms with Crippen molar-refractivity contribution in [2.45, 2.75) is 33.1 Å². The fourth-order valence-electron chi connectivity index (χ4n) is 2.35. The number of fused-ring (bicyclic) bond motifs is 1. The summed E-state index contributed by atoms with van der Waals surface area (Å²) in [5.41, 5.74) is 3.21. The van der Waals surface area contributed by atoms with Crippen LogP contribution in [0.5, 0.6) is 0 Å². The fourth-order valence-corrected chi connectivity index (χ4v) is 2.35. The molecule has 21 heavy (non-hydrogen) atoms. The molecule has 0 fully saturated rings. The minimum atomic E-state index is -0.0503. The van der Waals surface area contributed by atoms with Crippen LogP contribution in [0.4, 0.5) is 10.5 Å². The van der Waals surface area contributed by atoms with E-state index in [0.717, 1.165) is 17.8 Å². The maximum absolute atomic E-state index is 12.4. The van der Waals surface area contributed by atoms with Crippen LogP contribution in [-0.2, 0) is 18.0 Å². The van der Waals surface area contributed by atoms with E-state index in [1.54, 1.807) is 0 Å². The number of hydrogen-bond acceptors (Lipinski definition) is 3. The largest absolute Gasteiger partial charge is 0.372 e. The Morgan fingerprint density at radius 1 is 1.24 bits per heavy atom. The molecular weight excluding hydrogens is 266 g/mol. The predicted molar refractivity (Wildman–Crippen MR) is 84.3 cm³/mol. The predicted octanol–water partition coefficient (Wildman–Crippen LogP) is 2.52. The highest BCUT2D eigenvalue weighted by atomic mass is 16.5. The van der Waals surface area contributed by atoms with Crippen LogP contribution >= 0.6 is 0 Å². The Morgan fingerprint density at radius 2 is 1.95 bits per heavy atom. The lowest BCUT2D eigenvalue weighted by atomic mass is 10.1. The summed E-state index contributed by atoms with van der Waals surface area (Å²) in [5.74, 6) is 0. The van der Waals surface area contributed by atoms with Crippen molar-refractivity contribution in [2.75, 3.05) is 32.5 Å². The molecule has 0 spiro atoms. The van der Waals surface area contributed by atoms with E-state index in [0.29, 0.717) is 19.8 Å². The van der Waals surface area contributed by atoms with Crippen LogP contribution in [0.2, 0.25) is 0 Å². The molecule has 0 unspecified atom stereocenters. The molecule has 0 saturated heterocycles. The number of nitrogens with one attached hydrogen (secondary N) is 1. The van der Waals surface area contributed by atoms with Gasteiger partial charge in [-0.05, 0) is 51.2 Å². The number of ether oxygens (including phenoxy) is 1. The molecule has 1 aromatic rings. The van der Waals surface area contributed by atoms with Crippen molar-refractivity contribution in [3.05, 3.63) is 29.3 Å². The topological polar surface area (TPSA) is 44.8 Å². The van der Waals surface area contributed by atoms with E-state index < -0.39 is 0 Å². The number of benzene rings is 1. The summed E-state index contributed by atoms with van der Waals surface area (Å²) >= 11 is 0. The summed E-state index contributed by atoms with van der Waals surface area (Å²) in [7, 11) is 4.02. The highest BCUT2D eigenvalue weighted by Crippen LogP contribution is 2.23.